The van der Waals surface area contributed by atoms with Gasteiger partial charge in [-0.15, -0.1) is 0 Å². The Kier molecular flexibility index (Phi) is 5.29. The molecule has 132 valence electrons. The molecular formula is C19H29N3O2. The quantitative estimate of drug-likeness (QED) is 0.848. The zero-order valence-corrected chi connectivity index (χ0v) is 15.1. The summed E-state index contributed by atoms with van der Waals surface area (Å²) in [5.74, 6) is 1.24. The molecule has 3 rings (SSSR count). The minimum Gasteiger partial charge on any atom is -0.495 e. The summed E-state index contributed by atoms with van der Waals surface area (Å²) in [6.45, 7) is 8.87. The van der Waals surface area contributed by atoms with E-state index in [1.165, 1.54) is 0 Å². The number of hydrogen-bond donors (Lipinski definition) is 0. The molecule has 2 aliphatic heterocycles. The van der Waals surface area contributed by atoms with Gasteiger partial charge in [0.25, 0.3) is 0 Å². The lowest BCUT2D eigenvalue weighted by Crippen LogP contribution is -2.58. The molecule has 1 aromatic carbocycles. The van der Waals surface area contributed by atoms with Crippen molar-refractivity contribution in [2.75, 3.05) is 44.7 Å². The van der Waals surface area contributed by atoms with E-state index in [9.17, 15) is 4.79 Å². The number of nitrogens with zero attached hydrogens (tertiary/aromatic N) is 3. The molecule has 2 saturated heterocycles. The fourth-order valence-electron chi connectivity index (χ4n) is 3.90. The molecule has 5 nitrogen and oxygen atoms in total. The van der Waals surface area contributed by atoms with Crippen molar-refractivity contribution in [3.8, 4) is 5.75 Å². The van der Waals surface area contributed by atoms with Crippen LogP contribution in [-0.4, -0.2) is 67.6 Å². The number of anilines is 1. The number of benzene rings is 1. The fourth-order valence-corrected chi connectivity index (χ4v) is 3.90. The van der Waals surface area contributed by atoms with Crippen LogP contribution in [0.15, 0.2) is 24.3 Å². The lowest BCUT2D eigenvalue weighted by molar-refractivity contribution is -0.142. The minimum atomic E-state index is 0.0703. The smallest absolute Gasteiger partial charge is 0.240 e. The maximum atomic E-state index is 12.8. The Morgan fingerprint density at radius 2 is 1.79 bits per heavy atom. The molecule has 0 saturated carbocycles. The second kappa shape index (κ2) is 7.43. The van der Waals surface area contributed by atoms with Crippen LogP contribution in [0.1, 0.15) is 26.7 Å². The lowest BCUT2D eigenvalue weighted by Gasteiger charge is -2.44. The topological polar surface area (TPSA) is 36.0 Å². The molecule has 0 N–H and O–H groups in total. The Bertz CT molecular complexity index is 567. The molecule has 1 amide bonds. The highest BCUT2D eigenvalue weighted by molar-refractivity contribution is 5.83. The SMILES string of the molecule is COc1ccccc1N1CCN(C2CCCN(C(C)C)C2=O)CC1. The van der Waals surface area contributed by atoms with Crippen LogP contribution in [0, 0.1) is 0 Å². The van der Waals surface area contributed by atoms with Gasteiger partial charge in [-0.1, -0.05) is 12.1 Å². The number of ether oxygens (including phenoxy) is 1. The molecule has 1 atom stereocenters. The van der Waals surface area contributed by atoms with E-state index in [0.29, 0.717) is 11.9 Å². The summed E-state index contributed by atoms with van der Waals surface area (Å²) in [6, 6.07) is 8.54. The number of carbonyl (C=O) groups excluding carboxylic acids is 1. The van der Waals surface area contributed by atoms with E-state index < -0.39 is 0 Å². The zero-order valence-electron chi connectivity index (χ0n) is 15.1. The zero-order chi connectivity index (χ0) is 17.1. The van der Waals surface area contributed by atoms with E-state index in [1.54, 1.807) is 7.11 Å². The molecule has 1 aromatic rings. The second-order valence-corrected chi connectivity index (χ2v) is 6.98. The monoisotopic (exact) mass is 331 g/mol. The van der Waals surface area contributed by atoms with Crippen molar-refractivity contribution in [1.29, 1.82) is 0 Å². The van der Waals surface area contributed by atoms with E-state index in [-0.39, 0.29) is 6.04 Å². The Morgan fingerprint density at radius 3 is 2.46 bits per heavy atom. The number of para-hydroxylation sites is 2. The maximum Gasteiger partial charge on any atom is 0.240 e. The summed E-state index contributed by atoms with van der Waals surface area (Å²) in [7, 11) is 1.72. The summed E-state index contributed by atoms with van der Waals surface area (Å²) in [5, 5.41) is 0. The number of piperidine rings is 1. The predicted molar refractivity (Wildman–Crippen MR) is 96.7 cm³/mol. The van der Waals surface area contributed by atoms with Gasteiger partial charge in [0, 0.05) is 38.8 Å². The molecule has 24 heavy (non-hydrogen) atoms. The standard InChI is InChI=1S/C19H29N3O2/c1-15(2)22-10-6-8-17(19(22)23)21-13-11-20(12-14-21)16-7-4-5-9-18(16)24-3/h4-5,7,9,15,17H,6,8,10-14H2,1-3H3. The molecular weight excluding hydrogens is 302 g/mol. The number of hydrogen-bond acceptors (Lipinski definition) is 4. The number of likely N-dealkylation sites (tertiary alicyclic amines) is 1. The maximum absolute atomic E-state index is 12.8. The number of carbonyl (C=O) groups is 1. The van der Waals surface area contributed by atoms with Gasteiger partial charge in [-0.2, -0.15) is 0 Å². The van der Waals surface area contributed by atoms with Crippen molar-refractivity contribution in [1.82, 2.24) is 9.80 Å². The summed E-state index contributed by atoms with van der Waals surface area (Å²) in [6.07, 6.45) is 2.11. The van der Waals surface area contributed by atoms with E-state index in [2.05, 4.69) is 35.8 Å². The molecule has 2 heterocycles. The first-order chi connectivity index (χ1) is 11.6. The van der Waals surface area contributed by atoms with Crippen molar-refractivity contribution in [2.24, 2.45) is 0 Å². The van der Waals surface area contributed by atoms with Gasteiger partial charge in [0.15, 0.2) is 0 Å². The highest BCUT2D eigenvalue weighted by Gasteiger charge is 2.35. The summed E-state index contributed by atoms with van der Waals surface area (Å²) in [4.78, 5) is 19.6. The van der Waals surface area contributed by atoms with E-state index >= 15 is 0 Å². The van der Waals surface area contributed by atoms with Crippen LogP contribution in [0.3, 0.4) is 0 Å². The first-order valence-corrected chi connectivity index (χ1v) is 9.04. The summed E-state index contributed by atoms with van der Waals surface area (Å²) < 4.78 is 5.48. The van der Waals surface area contributed by atoms with Crippen molar-refractivity contribution in [3.05, 3.63) is 24.3 Å². The van der Waals surface area contributed by atoms with Crippen molar-refractivity contribution in [2.45, 2.75) is 38.8 Å². The van der Waals surface area contributed by atoms with E-state index in [0.717, 1.165) is 57.0 Å². The van der Waals surface area contributed by atoms with Crippen molar-refractivity contribution >= 4 is 11.6 Å². The summed E-state index contributed by atoms with van der Waals surface area (Å²) in [5.41, 5.74) is 1.15. The molecule has 5 heteroatoms. The van der Waals surface area contributed by atoms with Gasteiger partial charge in [0.2, 0.25) is 5.91 Å². The van der Waals surface area contributed by atoms with E-state index in [4.69, 9.17) is 4.74 Å². The van der Waals surface area contributed by atoms with Crippen molar-refractivity contribution in [3.63, 3.8) is 0 Å². The van der Waals surface area contributed by atoms with Crippen LogP contribution in [0.2, 0.25) is 0 Å². The van der Waals surface area contributed by atoms with Gasteiger partial charge in [0.1, 0.15) is 5.75 Å². The molecule has 0 aromatic heterocycles. The average molecular weight is 331 g/mol. The first kappa shape index (κ1) is 17.1. The minimum absolute atomic E-state index is 0.0703. The fraction of sp³-hybridized carbons (Fsp3) is 0.632. The van der Waals surface area contributed by atoms with E-state index in [1.807, 2.05) is 17.0 Å². The normalized spacial score (nSPS) is 23.0. The van der Waals surface area contributed by atoms with Gasteiger partial charge in [-0.05, 0) is 38.8 Å². The number of piperazine rings is 1. The molecule has 0 aliphatic carbocycles. The van der Waals surface area contributed by atoms with Crippen LogP contribution in [0.5, 0.6) is 5.75 Å². The molecule has 0 spiro atoms. The summed E-state index contributed by atoms with van der Waals surface area (Å²) >= 11 is 0. The van der Waals surface area contributed by atoms with Crippen LogP contribution in [-0.2, 0) is 4.79 Å². The number of rotatable bonds is 4. The second-order valence-electron chi connectivity index (χ2n) is 6.98. The van der Waals surface area contributed by atoms with Crippen LogP contribution < -0.4 is 9.64 Å². The third kappa shape index (κ3) is 3.36. The Hall–Kier alpha value is -1.75. The Balaban J connectivity index is 1.63. The van der Waals surface area contributed by atoms with Gasteiger partial charge in [0.05, 0.1) is 18.8 Å². The third-order valence-corrected chi connectivity index (χ3v) is 5.25. The number of methoxy groups -OCH3 is 1. The van der Waals surface area contributed by atoms with Crippen LogP contribution in [0.25, 0.3) is 0 Å². The molecule has 2 fully saturated rings. The van der Waals surface area contributed by atoms with Crippen LogP contribution >= 0.6 is 0 Å². The average Bonchev–Trinajstić information content (AvgIpc) is 2.62. The Morgan fingerprint density at radius 1 is 1.08 bits per heavy atom. The third-order valence-electron chi connectivity index (χ3n) is 5.25. The predicted octanol–water partition coefficient (Wildman–Crippen LogP) is 2.22. The van der Waals surface area contributed by atoms with Gasteiger partial charge >= 0.3 is 0 Å². The highest BCUT2D eigenvalue weighted by atomic mass is 16.5. The lowest BCUT2D eigenvalue weighted by atomic mass is 10.0. The van der Waals surface area contributed by atoms with Gasteiger partial charge < -0.3 is 14.5 Å². The Labute approximate surface area is 145 Å². The first-order valence-electron chi connectivity index (χ1n) is 9.04. The molecule has 1 unspecified atom stereocenters. The molecule has 2 aliphatic rings. The highest BCUT2D eigenvalue weighted by Crippen LogP contribution is 2.29. The number of amides is 1. The molecule has 0 bridgehead atoms. The van der Waals surface area contributed by atoms with Crippen molar-refractivity contribution < 1.29 is 9.53 Å². The molecule has 0 radical (unpaired) electrons. The van der Waals surface area contributed by atoms with Crippen LogP contribution in [0.4, 0.5) is 5.69 Å². The largest absolute Gasteiger partial charge is 0.495 e. The van der Waals surface area contributed by atoms with Gasteiger partial charge in [-0.3, -0.25) is 9.69 Å². The van der Waals surface area contributed by atoms with Gasteiger partial charge in [-0.25, -0.2) is 0 Å².